The molecule has 0 aromatic heterocycles. The Kier molecular flexibility index (Phi) is 8.57. The first-order valence-corrected chi connectivity index (χ1v) is 13.7. The smallest absolute Gasteiger partial charge is 0.317 e. The maximum atomic E-state index is 13.9. The zero-order valence-electron chi connectivity index (χ0n) is 21.6. The molecule has 4 nitrogen and oxygen atoms in total. The van der Waals surface area contributed by atoms with Crippen LogP contribution in [-0.4, -0.2) is 48.5 Å². The summed E-state index contributed by atoms with van der Waals surface area (Å²) >= 11 is 0. The van der Waals surface area contributed by atoms with Crippen molar-refractivity contribution in [2.24, 2.45) is 5.92 Å². The Hall–Kier alpha value is -2.17. The van der Waals surface area contributed by atoms with E-state index in [9.17, 15) is 9.59 Å². The molecule has 4 aliphatic rings. The number of aryl methyl sites for hydroxylation is 1. The van der Waals surface area contributed by atoms with Crippen molar-refractivity contribution in [1.29, 1.82) is 0 Å². The van der Waals surface area contributed by atoms with Crippen LogP contribution >= 0.6 is 0 Å². The van der Waals surface area contributed by atoms with Crippen LogP contribution in [0.1, 0.15) is 68.1 Å². The van der Waals surface area contributed by atoms with Crippen LogP contribution in [0.5, 0.6) is 0 Å². The number of ether oxygens (including phenoxy) is 1. The van der Waals surface area contributed by atoms with Gasteiger partial charge in [0, 0.05) is 25.2 Å². The average molecular weight is 510 g/mol. The zero-order valence-corrected chi connectivity index (χ0v) is 22.3. The molecule has 2 aromatic carbocycles. The molecule has 1 saturated carbocycles. The van der Waals surface area contributed by atoms with Gasteiger partial charge in [0.15, 0.2) is 11.9 Å². The normalized spacial score (nSPS) is 26.9. The Balaban J connectivity index is 0.00000304. The SMILES string of the molecule is Cc1ccccc1CC(=O)C[N+]12CCC(CC1)[C@@H](OC(=O)C1(c3ccccc3)CCCCCC1)C2.[Cl-]. The van der Waals surface area contributed by atoms with Gasteiger partial charge >= 0.3 is 5.97 Å². The van der Waals surface area contributed by atoms with Crippen LogP contribution in [-0.2, 0) is 26.2 Å². The lowest BCUT2D eigenvalue weighted by molar-refractivity contribution is -0.939. The third kappa shape index (κ3) is 5.55. The molecule has 3 aliphatic heterocycles. The van der Waals surface area contributed by atoms with Crippen molar-refractivity contribution < 1.29 is 31.2 Å². The number of rotatable bonds is 7. The molecule has 0 N–H and O–H groups in total. The Morgan fingerprint density at radius 2 is 1.56 bits per heavy atom. The number of nitrogens with zero attached hydrogens (tertiary/aromatic N) is 1. The minimum atomic E-state index is -0.519. The van der Waals surface area contributed by atoms with Gasteiger partial charge in [-0.3, -0.25) is 9.59 Å². The van der Waals surface area contributed by atoms with E-state index in [1.54, 1.807) is 0 Å². The van der Waals surface area contributed by atoms with Gasteiger partial charge in [-0.25, -0.2) is 0 Å². The van der Waals surface area contributed by atoms with Crippen LogP contribution in [0.25, 0.3) is 0 Å². The molecule has 2 aromatic rings. The predicted octanol–water partition coefficient (Wildman–Crippen LogP) is 2.56. The Labute approximate surface area is 222 Å². The summed E-state index contributed by atoms with van der Waals surface area (Å²) in [6.07, 6.45) is 8.81. The molecule has 4 fully saturated rings. The summed E-state index contributed by atoms with van der Waals surface area (Å²) in [5.41, 5.74) is 2.91. The second kappa shape index (κ2) is 11.5. The number of quaternary nitrogens is 1. The molecule has 0 radical (unpaired) electrons. The minimum absolute atomic E-state index is 0. The van der Waals surface area contributed by atoms with E-state index in [0.717, 1.165) is 73.8 Å². The lowest BCUT2D eigenvalue weighted by Gasteiger charge is -2.52. The third-order valence-electron chi connectivity index (χ3n) is 9.13. The lowest BCUT2D eigenvalue weighted by Crippen LogP contribution is -3.00. The van der Waals surface area contributed by atoms with Crippen molar-refractivity contribution in [1.82, 2.24) is 0 Å². The number of esters is 1. The van der Waals surface area contributed by atoms with E-state index < -0.39 is 5.41 Å². The van der Waals surface area contributed by atoms with Crippen LogP contribution in [0.15, 0.2) is 54.6 Å². The van der Waals surface area contributed by atoms with Crippen LogP contribution < -0.4 is 12.4 Å². The summed E-state index contributed by atoms with van der Waals surface area (Å²) in [6, 6.07) is 18.5. The van der Waals surface area contributed by atoms with Crippen molar-refractivity contribution in [2.45, 2.75) is 76.2 Å². The number of hydrogen-bond donors (Lipinski definition) is 0. The van der Waals surface area contributed by atoms with Gasteiger partial charge in [-0.15, -0.1) is 0 Å². The molecule has 0 unspecified atom stereocenters. The molecular weight excluding hydrogens is 470 g/mol. The molecular formula is C31H40ClNO3. The molecule has 194 valence electrons. The molecule has 2 bridgehead atoms. The number of hydrogen-bond acceptors (Lipinski definition) is 3. The van der Waals surface area contributed by atoms with E-state index in [4.69, 9.17) is 4.74 Å². The number of ketones is 1. The first-order chi connectivity index (χ1) is 17.0. The fraction of sp³-hybridized carbons (Fsp3) is 0.548. The van der Waals surface area contributed by atoms with Crippen molar-refractivity contribution in [3.05, 3.63) is 71.3 Å². The molecule has 6 rings (SSSR count). The van der Waals surface area contributed by atoms with Crippen LogP contribution in [0.4, 0.5) is 0 Å². The highest BCUT2D eigenvalue weighted by Gasteiger charge is 2.50. The number of halogens is 1. The van der Waals surface area contributed by atoms with Gasteiger partial charge in [-0.2, -0.15) is 0 Å². The largest absolute Gasteiger partial charge is 1.00 e. The number of fused-ring (bicyclic) bond motifs is 3. The highest BCUT2D eigenvalue weighted by atomic mass is 35.5. The lowest BCUT2D eigenvalue weighted by atomic mass is 9.74. The maximum Gasteiger partial charge on any atom is 0.317 e. The van der Waals surface area contributed by atoms with E-state index in [1.165, 1.54) is 18.4 Å². The highest BCUT2D eigenvalue weighted by Crippen LogP contribution is 2.42. The summed E-state index contributed by atoms with van der Waals surface area (Å²) in [6.45, 7) is 5.48. The predicted molar refractivity (Wildman–Crippen MR) is 138 cm³/mol. The summed E-state index contributed by atoms with van der Waals surface area (Å²) in [5.74, 6) is 0.715. The van der Waals surface area contributed by atoms with Gasteiger partial charge < -0.3 is 21.6 Å². The molecule has 0 spiro atoms. The number of carbonyl (C=O) groups excluding carboxylic acids is 2. The van der Waals surface area contributed by atoms with Crippen molar-refractivity contribution in [2.75, 3.05) is 26.2 Å². The summed E-state index contributed by atoms with van der Waals surface area (Å²) < 4.78 is 7.25. The van der Waals surface area contributed by atoms with E-state index in [2.05, 4.69) is 31.2 Å². The number of piperidine rings is 3. The number of carbonyl (C=O) groups is 2. The minimum Gasteiger partial charge on any atom is -1.00 e. The van der Waals surface area contributed by atoms with Gasteiger partial charge in [0.1, 0.15) is 13.1 Å². The first-order valence-electron chi connectivity index (χ1n) is 13.7. The quantitative estimate of drug-likeness (QED) is 0.327. The maximum absolute atomic E-state index is 13.9. The number of benzene rings is 2. The van der Waals surface area contributed by atoms with E-state index in [0.29, 0.717) is 24.7 Å². The Morgan fingerprint density at radius 1 is 0.917 bits per heavy atom. The second-order valence-corrected chi connectivity index (χ2v) is 11.4. The van der Waals surface area contributed by atoms with Crippen molar-refractivity contribution >= 4 is 11.8 Å². The fourth-order valence-corrected chi connectivity index (χ4v) is 6.98. The standard InChI is InChI=1S/C31H40NO3.ClH/c1-24-11-7-8-12-26(24)21-28(33)22-32-19-15-25(16-20-32)29(23-32)35-30(34)31(17-9-2-3-10-18-31)27-13-5-4-6-14-27;/h4-8,11-14,25,29H,2-3,9-10,15-23H2,1H3;1H/q+1;/p-1/t25?,29-,32?;/m0./s1. The van der Waals surface area contributed by atoms with E-state index >= 15 is 0 Å². The Morgan fingerprint density at radius 3 is 2.22 bits per heavy atom. The van der Waals surface area contributed by atoms with Gasteiger partial charge in [0.25, 0.3) is 0 Å². The van der Waals surface area contributed by atoms with Crippen LogP contribution in [0.2, 0.25) is 0 Å². The highest BCUT2D eigenvalue weighted by molar-refractivity contribution is 5.84. The first kappa shape index (κ1) is 26.9. The van der Waals surface area contributed by atoms with E-state index in [1.807, 2.05) is 30.3 Å². The second-order valence-electron chi connectivity index (χ2n) is 11.4. The molecule has 0 amide bonds. The molecule has 3 saturated heterocycles. The van der Waals surface area contributed by atoms with Gasteiger partial charge in [-0.1, -0.05) is 80.3 Å². The monoisotopic (exact) mass is 509 g/mol. The molecule has 36 heavy (non-hydrogen) atoms. The number of Topliss-reactive ketones (excluding diaryl/α,β-unsaturated/α-hetero) is 1. The topological polar surface area (TPSA) is 43.4 Å². The summed E-state index contributed by atoms with van der Waals surface area (Å²) in [7, 11) is 0. The molecule has 5 heteroatoms. The van der Waals surface area contributed by atoms with Gasteiger partial charge in [0.2, 0.25) is 0 Å². The molecule has 3 heterocycles. The molecule has 1 aliphatic carbocycles. The van der Waals surface area contributed by atoms with Gasteiger partial charge in [0.05, 0.1) is 18.5 Å². The van der Waals surface area contributed by atoms with Gasteiger partial charge in [-0.05, 0) is 36.5 Å². The van der Waals surface area contributed by atoms with Crippen molar-refractivity contribution in [3.8, 4) is 0 Å². The Bertz CT molecular complexity index is 1040. The van der Waals surface area contributed by atoms with Crippen molar-refractivity contribution in [3.63, 3.8) is 0 Å². The molecule has 1 atom stereocenters. The third-order valence-corrected chi connectivity index (χ3v) is 9.13. The summed E-state index contributed by atoms with van der Waals surface area (Å²) in [4.78, 5) is 27.1. The zero-order chi connectivity index (χ0) is 24.3. The summed E-state index contributed by atoms with van der Waals surface area (Å²) in [5, 5.41) is 0. The van der Waals surface area contributed by atoms with E-state index in [-0.39, 0.29) is 24.5 Å². The van der Waals surface area contributed by atoms with Crippen LogP contribution in [0.3, 0.4) is 0 Å². The fourth-order valence-electron chi connectivity index (χ4n) is 6.98. The van der Waals surface area contributed by atoms with Crippen LogP contribution in [0, 0.1) is 12.8 Å². The average Bonchev–Trinajstić information content (AvgIpc) is 3.14.